The minimum atomic E-state index is -1.08. The fourth-order valence-electron chi connectivity index (χ4n) is 1.46. The Morgan fingerprint density at radius 2 is 2.26 bits per heavy atom. The first kappa shape index (κ1) is 13.5. The zero-order chi connectivity index (χ0) is 13.8. The van der Waals surface area contributed by atoms with Crippen molar-refractivity contribution in [1.82, 2.24) is 15.3 Å². The molecule has 0 aliphatic heterocycles. The summed E-state index contributed by atoms with van der Waals surface area (Å²) in [7, 11) is 3.87. The number of anilines is 1. The Morgan fingerprint density at radius 1 is 1.47 bits per heavy atom. The van der Waals surface area contributed by atoms with Crippen molar-refractivity contribution >= 4 is 22.4 Å². The Balaban J connectivity index is 1.89. The first-order valence-electron chi connectivity index (χ1n) is 5.56. The first-order valence-corrected chi connectivity index (χ1v) is 6.38. The summed E-state index contributed by atoms with van der Waals surface area (Å²) in [4.78, 5) is 21.7. The molecule has 2 N–H and O–H groups in total. The average Bonchev–Trinajstić information content (AvgIpc) is 2.97. The van der Waals surface area contributed by atoms with Gasteiger partial charge in [-0.05, 0) is 0 Å². The predicted molar refractivity (Wildman–Crippen MR) is 70.4 cm³/mol. The number of oxazole rings is 1. The van der Waals surface area contributed by atoms with Gasteiger partial charge in [0, 0.05) is 31.7 Å². The molecule has 0 spiro atoms. The summed E-state index contributed by atoms with van der Waals surface area (Å²) in [6.45, 7) is 0.919. The lowest BCUT2D eigenvalue weighted by atomic mass is 10.3. The molecular formula is C11H14N4O3S. The van der Waals surface area contributed by atoms with Crippen molar-refractivity contribution < 1.29 is 14.3 Å². The van der Waals surface area contributed by atoms with Gasteiger partial charge in [0.25, 0.3) is 0 Å². The number of carboxylic acid groups (broad SMARTS) is 1. The third-order valence-electron chi connectivity index (χ3n) is 2.35. The third kappa shape index (κ3) is 3.30. The summed E-state index contributed by atoms with van der Waals surface area (Å²) in [6, 6.07) is 0. The molecule has 2 rings (SSSR count). The van der Waals surface area contributed by atoms with E-state index in [1.165, 1.54) is 0 Å². The Labute approximate surface area is 113 Å². The number of carboxylic acids is 1. The lowest BCUT2D eigenvalue weighted by Crippen LogP contribution is -2.14. The van der Waals surface area contributed by atoms with Gasteiger partial charge in [0.1, 0.15) is 0 Å². The molecule has 0 saturated heterocycles. The minimum absolute atomic E-state index is 0.0502. The molecule has 2 heterocycles. The van der Waals surface area contributed by atoms with Gasteiger partial charge >= 0.3 is 5.97 Å². The van der Waals surface area contributed by atoms with Gasteiger partial charge in [0.05, 0.1) is 6.54 Å². The van der Waals surface area contributed by atoms with Gasteiger partial charge in [-0.3, -0.25) is 0 Å². The molecule has 0 saturated carbocycles. The Morgan fingerprint density at radius 3 is 2.89 bits per heavy atom. The van der Waals surface area contributed by atoms with Gasteiger partial charge in [0.2, 0.25) is 0 Å². The van der Waals surface area contributed by atoms with Crippen molar-refractivity contribution in [3.05, 3.63) is 28.9 Å². The summed E-state index contributed by atoms with van der Waals surface area (Å²) in [5.74, 6) is -0.761. The number of nitrogens with one attached hydrogen (secondary N) is 1. The quantitative estimate of drug-likeness (QED) is 0.822. The highest BCUT2D eigenvalue weighted by Crippen LogP contribution is 2.20. The lowest BCUT2D eigenvalue weighted by molar-refractivity contribution is 0.0688. The van der Waals surface area contributed by atoms with E-state index in [0.29, 0.717) is 18.8 Å². The highest BCUT2D eigenvalue weighted by molar-refractivity contribution is 7.15. The summed E-state index contributed by atoms with van der Waals surface area (Å²) in [6.07, 6.45) is 2.93. The Hall–Kier alpha value is -1.93. The number of thiazole rings is 1. The Kier molecular flexibility index (Phi) is 4.13. The van der Waals surface area contributed by atoms with Crippen LogP contribution in [0.3, 0.4) is 0 Å². The van der Waals surface area contributed by atoms with Crippen molar-refractivity contribution in [2.45, 2.75) is 13.1 Å². The second kappa shape index (κ2) is 5.81. The van der Waals surface area contributed by atoms with E-state index in [4.69, 9.17) is 9.52 Å². The van der Waals surface area contributed by atoms with Crippen molar-refractivity contribution in [3.63, 3.8) is 0 Å². The standard InChI is InChI=1S/C11H14N4O3S/c1-15(2)11-13-4-7(19-11)3-12-5-8-9(10(16)17)14-6-18-8/h4,6,12H,3,5H2,1-2H3,(H,16,17). The van der Waals surface area contributed by atoms with E-state index in [-0.39, 0.29) is 5.69 Å². The van der Waals surface area contributed by atoms with E-state index in [2.05, 4.69) is 15.3 Å². The van der Waals surface area contributed by atoms with E-state index in [1.54, 1.807) is 17.5 Å². The summed E-state index contributed by atoms with van der Waals surface area (Å²) >= 11 is 1.58. The van der Waals surface area contributed by atoms with Crippen LogP contribution in [-0.4, -0.2) is 35.1 Å². The molecule has 0 aliphatic carbocycles. The fraction of sp³-hybridized carbons (Fsp3) is 0.364. The molecule has 0 unspecified atom stereocenters. The molecule has 0 fully saturated rings. The first-order chi connectivity index (χ1) is 9.08. The second-order valence-electron chi connectivity index (χ2n) is 4.04. The lowest BCUT2D eigenvalue weighted by Gasteiger charge is -2.05. The predicted octanol–water partition coefficient (Wildman–Crippen LogP) is 1.19. The number of aromatic nitrogens is 2. The average molecular weight is 282 g/mol. The molecule has 0 radical (unpaired) electrons. The number of carbonyl (C=O) groups is 1. The van der Waals surface area contributed by atoms with Crippen molar-refractivity contribution in [2.75, 3.05) is 19.0 Å². The van der Waals surface area contributed by atoms with Crippen molar-refractivity contribution in [3.8, 4) is 0 Å². The molecule has 0 amide bonds. The smallest absolute Gasteiger partial charge is 0.358 e. The van der Waals surface area contributed by atoms with E-state index in [9.17, 15) is 4.79 Å². The molecule has 7 nitrogen and oxygen atoms in total. The topological polar surface area (TPSA) is 91.5 Å². The van der Waals surface area contributed by atoms with Crippen LogP contribution in [0.2, 0.25) is 0 Å². The maximum atomic E-state index is 10.8. The molecule has 0 bridgehead atoms. The van der Waals surface area contributed by atoms with Crippen LogP contribution in [0.4, 0.5) is 5.13 Å². The van der Waals surface area contributed by atoms with Crippen LogP contribution < -0.4 is 10.2 Å². The second-order valence-corrected chi connectivity index (χ2v) is 5.13. The van der Waals surface area contributed by atoms with Crippen LogP contribution in [-0.2, 0) is 13.1 Å². The van der Waals surface area contributed by atoms with Crippen molar-refractivity contribution in [2.24, 2.45) is 0 Å². The fourth-order valence-corrected chi connectivity index (χ4v) is 2.26. The number of aromatic carboxylic acids is 1. The Bertz CT molecular complexity index is 564. The van der Waals surface area contributed by atoms with Crippen molar-refractivity contribution in [1.29, 1.82) is 0 Å². The monoisotopic (exact) mass is 282 g/mol. The molecule has 19 heavy (non-hydrogen) atoms. The minimum Gasteiger partial charge on any atom is -0.476 e. The van der Waals surface area contributed by atoms with E-state index in [1.807, 2.05) is 19.0 Å². The highest BCUT2D eigenvalue weighted by atomic mass is 32.1. The largest absolute Gasteiger partial charge is 0.476 e. The normalized spacial score (nSPS) is 10.6. The van der Waals surface area contributed by atoms with Crippen LogP contribution in [0.25, 0.3) is 0 Å². The van der Waals surface area contributed by atoms with E-state index < -0.39 is 5.97 Å². The van der Waals surface area contributed by atoms with Gasteiger partial charge < -0.3 is 19.7 Å². The molecule has 8 heteroatoms. The van der Waals surface area contributed by atoms with Crippen LogP contribution in [0, 0.1) is 0 Å². The molecular weight excluding hydrogens is 268 g/mol. The highest BCUT2D eigenvalue weighted by Gasteiger charge is 2.14. The number of nitrogens with zero attached hydrogens (tertiary/aromatic N) is 3. The van der Waals surface area contributed by atoms with Gasteiger partial charge in [-0.25, -0.2) is 14.8 Å². The molecule has 2 aromatic heterocycles. The van der Waals surface area contributed by atoms with Gasteiger partial charge in [-0.15, -0.1) is 11.3 Å². The number of hydrogen-bond acceptors (Lipinski definition) is 7. The zero-order valence-corrected chi connectivity index (χ0v) is 11.4. The van der Waals surface area contributed by atoms with E-state index >= 15 is 0 Å². The summed E-state index contributed by atoms with van der Waals surface area (Å²) in [5, 5.41) is 12.9. The van der Waals surface area contributed by atoms with Gasteiger partial charge in [-0.1, -0.05) is 0 Å². The third-order valence-corrected chi connectivity index (χ3v) is 3.52. The summed E-state index contributed by atoms with van der Waals surface area (Å²) in [5.41, 5.74) is -0.0502. The van der Waals surface area contributed by atoms with Crippen LogP contribution in [0.5, 0.6) is 0 Å². The maximum absolute atomic E-state index is 10.8. The molecule has 2 aromatic rings. The maximum Gasteiger partial charge on any atom is 0.358 e. The van der Waals surface area contributed by atoms with Crippen LogP contribution in [0.1, 0.15) is 21.1 Å². The zero-order valence-electron chi connectivity index (χ0n) is 10.6. The molecule has 0 atom stereocenters. The summed E-state index contributed by atoms with van der Waals surface area (Å²) < 4.78 is 5.03. The number of hydrogen-bond donors (Lipinski definition) is 2. The van der Waals surface area contributed by atoms with Crippen LogP contribution >= 0.6 is 11.3 Å². The molecule has 0 aromatic carbocycles. The number of rotatable bonds is 6. The molecule has 102 valence electrons. The van der Waals surface area contributed by atoms with E-state index in [0.717, 1.165) is 16.4 Å². The molecule has 0 aliphatic rings. The SMILES string of the molecule is CN(C)c1ncc(CNCc2ocnc2C(=O)O)s1. The van der Waals surface area contributed by atoms with Crippen LogP contribution in [0.15, 0.2) is 17.0 Å². The van der Waals surface area contributed by atoms with Gasteiger partial charge in [0.15, 0.2) is 23.0 Å². The van der Waals surface area contributed by atoms with Gasteiger partial charge in [-0.2, -0.15) is 0 Å².